The molecule has 0 amide bonds. The molecule has 0 aromatic carbocycles. The molecular weight excluding hydrogens is 196 g/mol. The van der Waals surface area contributed by atoms with E-state index in [1.807, 2.05) is 0 Å². The average Bonchev–Trinajstić information content (AvgIpc) is 2.71. The Bertz CT molecular complexity index is 219. The van der Waals surface area contributed by atoms with Crippen molar-refractivity contribution in [3.8, 4) is 0 Å². The van der Waals surface area contributed by atoms with Gasteiger partial charge in [0, 0.05) is 11.6 Å². The molecule has 0 radical (unpaired) electrons. The topological polar surface area (TPSA) is 15.3 Å². The summed E-state index contributed by atoms with van der Waals surface area (Å²) in [6.07, 6.45) is 8.36. The van der Waals surface area contributed by atoms with E-state index in [0.29, 0.717) is 5.54 Å². The highest BCUT2D eigenvalue weighted by Gasteiger charge is 2.39. The monoisotopic (exact) mass is 224 g/mol. The quantitative estimate of drug-likeness (QED) is 0.793. The second-order valence-corrected chi connectivity index (χ2v) is 6.18. The van der Waals surface area contributed by atoms with Gasteiger partial charge in [0.1, 0.15) is 0 Å². The van der Waals surface area contributed by atoms with Gasteiger partial charge in [-0.3, -0.25) is 0 Å². The van der Waals surface area contributed by atoms with E-state index in [1.165, 1.54) is 51.6 Å². The molecular formula is C14H28N2. The van der Waals surface area contributed by atoms with Gasteiger partial charge >= 0.3 is 0 Å². The van der Waals surface area contributed by atoms with E-state index >= 15 is 0 Å². The second kappa shape index (κ2) is 5.05. The van der Waals surface area contributed by atoms with Crippen LogP contribution in [-0.2, 0) is 0 Å². The fourth-order valence-corrected chi connectivity index (χ4v) is 3.55. The summed E-state index contributed by atoms with van der Waals surface area (Å²) in [4.78, 5) is 2.59. The third kappa shape index (κ3) is 2.43. The van der Waals surface area contributed by atoms with Gasteiger partial charge in [-0.2, -0.15) is 0 Å². The minimum Gasteiger partial charge on any atom is -0.311 e. The Balaban J connectivity index is 1.99. The maximum absolute atomic E-state index is 3.81. The summed E-state index contributed by atoms with van der Waals surface area (Å²) in [6, 6.07) is 0.821. The van der Waals surface area contributed by atoms with E-state index in [4.69, 9.17) is 0 Å². The molecule has 2 aliphatic heterocycles. The van der Waals surface area contributed by atoms with Gasteiger partial charge in [-0.1, -0.05) is 20.3 Å². The van der Waals surface area contributed by atoms with E-state index in [2.05, 4.69) is 31.1 Å². The lowest BCUT2D eigenvalue weighted by Crippen LogP contribution is -2.51. The zero-order valence-electron chi connectivity index (χ0n) is 11.3. The molecule has 2 rings (SSSR count). The molecule has 0 aliphatic carbocycles. The van der Waals surface area contributed by atoms with E-state index < -0.39 is 0 Å². The van der Waals surface area contributed by atoms with Crippen LogP contribution in [0.3, 0.4) is 0 Å². The van der Waals surface area contributed by atoms with Crippen LogP contribution in [0.15, 0.2) is 0 Å². The van der Waals surface area contributed by atoms with Gasteiger partial charge in [0.25, 0.3) is 0 Å². The summed E-state index contributed by atoms with van der Waals surface area (Å²) in [7, 11) is 2.31. The minimum absolute atomic E-state index is 0.441. The van der Waals surface area contributed by atoms with Crippen molar-refractivity contribution < 1.29 is 0 Å². The molecule has 0 bridgehead atoms. The molecule has 2 heteroatoms. The molecule has 0 spiro atoms. The molecule has 94 valence electrons. The van der Waals surface area contributed by atoms with Gasteiger partial charge in [0.2, 0.25) is 0 Å². The molecule has 2 saturated heterocycles. The van der Waals surface area contributed by atoms with Crippen LogP contribution in [0, 0.1) is 5.92 Å². The van der Waals surface area contributed by atoms with Crippen LogP contribution in [0.4, 0.5) is 0 Å². The van der Waals surface area contributed by atoms with Gasteiger partial charge in [-0.05, 0) is 58.2 Å². The van der Waals surface area contributed by atoms with Crippen molar-refractivity contribution in [2.45, 2.75) is 64.0 Å². The summed E-state index contributed by atoms with van der Waals surface area (Å²) in [6.45, 7) is 7.32. The molecule has 0 saturated carbocycles. The van der Waals surface area contributed by atoms with Gasteiger partial charge in [-0.25, -0.2) is 0 Å². The molecule has 2 fully saturated rings. The first-order valence-electron chi connectivity index (χ1n) is 7.09. The van der Waals surface area contributed by atoms with Gasteiger partial charge < -0.3 is 10.2 Å². The first-order valence-corrected chi connectivity index (χ1v) is 7.09. The fraction of sp³-hybridized carbons (Fsp3) is 1.00. The maximum atomic E-state index is 3.81. The lowest BCUT2D eigenvalue weighted by atomic mass is 9.78. The Labute approximate surface area is 101 Å². The summed E-state index contributed by atoms with van der Waals surface area (Å²) in [5.74, 6) is 0.769. The zero-order chi connectivity index (χ0) is 11.6. The Morgan fingerprint density at radius 1 is 1.31 bits per heavy atom. The molecule has 2 aliphatic rings. The highest BCUT2D eigenvalue weighted by molar-refractivity contribution is 4.98. The highest BCUT2D eigenvalue weighted by Crippen LogP contribution is 2.35. The molecule has 1 N–H and O–H groups in total. The van der Waals surface area contributed by atoms with Crippen molar-refractivity contribution >= 4 is 0 Å². The highest BCUT2D eigenvalue weighted by atomic mass is 15.1. The van der Waals surface area contributed by atoms with E-state index in [1.54, 1.807) is 0 Å². The first-order chi connectivity index (χ1) is 7.64. The van der Waals surface area contributed by atoms with Crippen molar-refractivity contribution in [3.63, 3.8) is 0 Å². The van der Waals surface area contributed by atoms with Gasteiger partial charge in [0.15, 0.2) is 0 Å². The number of nitrogens with one attached hydrogen (secondary N) is 1. The summed E-state index contributed by atoms with van der Waals surface area (Å²) in [5, 5.41) is 3.81. The molecule has 16 heavy (non-hydrogen) atoms. The number of rotatable bonds is 3. The Hall–Kier alpha value is -0.0800. The lowest BCUT2D eigenvalue weighted by molar-refractivity contribution is 0.120. The molecule has 2 heterocycles. The van der Waals surface area contributed by atoms with Gasteiger partial charge in [0.05, 0.1) is 0 Å². The first kappa shape index (κ1) is 12.4. The van der Waals surface area contributed by atoms with Crippen molar-refractivity contribution in [1.82, 2.24) is 10.2 Å². The maximum Gasteiger partial charge on any atom is 0.0219 e. The largest absolute Gasteiger partial charge is 0.311 e. The van der Waals surface area contributed by atoms with Crippen molar-refractivity contribution in [3.05, 3.63) is 0 Å². The second-order valence-electron chi connectivity index (χ2n) is 6.18. The number of piperidine rings is 1. The molecule has 2 atom stereocenters. The van der Waals surface area contributed by atoms with Crippen LogP contribution in [0.25, 0.3) is 0 Å². The smallest absolute Gasteiger partial charge is 0.0219 e. The van der Waals surface area contributed by atoms with E-state index in [9.17, 15) is 0 Å². The number of likely N-dealkylation sites (tertiary alicyclic amines) is 1. The summed E-state index contributed by atoms with van der Waals surface area (Å²) < 4.78 is 0. The molecule has 2 nitrogen and oxygen atoms in total. The van der Waals surface area contributed by atoms with Crippen LogP contribution in [0.5, 0.6) is 0 Å². The van der Waals surface area contributed by atoms with Crippen LogP contribution >= 0.6 is 0 Å². The lowest BCUT2D eigenvalue weighted by Gasteiger charge is -2.42. The van der Waals surface area contributed by atoms with Crippen molar-refractivity contribution in [2.24, 2.45) is 5.92 Å². The SMILES string of the molecule is CC(C)C1(CC2CCCCN2C)CCCN1. The van der Waals surface area contributed by atoms with E-state index in [0.717, 1.165) is 12.0 Å². The van der Waals surface area contributed by atoms with Crippen molar-refractivity contribution in [2.75, 3.05) is 20.1 Å². The van der Waals surface area contributed by atoms with Crippen LogP contribution in [0.1, 0.15) is 52.4 Å². The number of hydrogen-bond acceptors (Lipinski definition) is 2. The minimum atomic E-state index is 0.441. The third-order valence-electron chi connectivity index (χ3n) is 4.90. The third-order valence-corrected chi connectivity index (χ3v) is 4.90. The predicted molar refractivity (Wildman–Crippen MR) is 69.7 cm³/mol. The Kier molecular flexibility index (Phi) is 3.91. The normalized spacial score (nSPS) is 37.1. The van der Waals surface area contributed by atoms with Crippen molar-refractivity contribution in [1.29, 1.82) is 0 Å². The summed E-state index contributed by atoms with van der Waals surface area (Å²) in [5.41, 5.74) is 0.441. The predicted octanol–water partition coefficient (Wildman–Crippen LogP) is 2.64. The standard InChI is InChI=1S/C14H28N2/c1-12(2)14(8-6-9-15-14)11-13-7-4-5-10-16(13)3/h12-13,15H,4-11H2,1-3H3. The van der Waals surface area contributed by atoms with Gasteiger partial charge in [-0.15, -0.1) is 0 Å². The molecule has 2 unspecified atom stereocenters. The van der Waals surface area contributed by atoms with Crippen LogP contribution in [-0.4, -0.2) is 36.6 Å². The number of hydrogen-bond donors (Lipinski definition) is 1. The number of nitrogens with zero attached hydrogens (tertiary/aromatic N) is 1. The Morgan fingerprint density at radius 2 is 2.12 bits per heavy atom. The fourth-order valence-electron chi connectivity index (χ4n) is 3.55. The average molecular weight is 224 g/mol. The van der Waals surface area contributed by atoms with Crippen LogP contribution in [0.2, 0.25) is 0 Å². The molecule has 0 aromatic rings. The van der Waals surface area contributed by atoms with E-state index in [-0.39, 0.29) is 0 Å². The Morgan fingerprint density at radius 3 is 2.69 bits per heavy atom. The van der Waals surface area contributed by atoms with Crippen LogP contribution < -0.4 is 5.32 Å². The summed E-state index contributed by atoms with van der Waals surface area (Å²) >= 11 is 0. The molecule has 0 aromatic heterocycles. The zero-order valence-corrected chi connectivity index (χ0v) is 11.3.